The van der Waals surface area contributed by atoms with E-state index < -0.39 is 13.0 Å². The van der Waals surface area contributed by atoms with Gasteiger partial charge in [0.1, 0.15) is 5.78 Å². The number of anilines is 1. The molecule has 1 aliphatic rings. The zero-order valence-electron chi connectivity index (χ0n) is 18.5. The summed E-state index contributed by atoms with van der Waals surface area (Å²) in [6.07, 6.45) is 5.57. The highest BCUT2D eigenvalue weighted by molar-refractivity contribution is 7.59. The van der Waals surface area contributed by atoms with Crippen LogP contribution in [0.1, 0.15) is 22.6 Å². The number of rotatable bonds is 6. The van der Waals surface area contributed by atoms with Crippen LogP contribution in [0.25, 0.3) is 10.8 Å². The third-order valence-corrected chi connectivity index (χ3v) is 6.07. The molecule has 6 nitrogen and oxygen atoms in total. The average molecular weight is 468 g/mol. The van der Waals surface area contributed by atoms with E-state index >= 15 is 0 Å². The second kappa shape index (κ2) is 10.2. The quantitative estimate of drug-likeness (QED) is 0.425. The van der Waals surface area contributed by atoms with E-state index in [1.54, 1.807) is 17.3 Å². The van der Waals surface area contributed by atoms with Crippen LogP contribution in [0.3, 0.4) is 0 Å². The number of nitrogens with zero attached hydrogens (tertiary/aromatic N) is 3. The van der Waals surface area contributed by atoms with Crippen molar-refractivity contribution in [2.45, 2.75) is 12.3 Å². The second-order valence-corrected chi connectivity index (χ2v) is 8.18. The Morgan fingerprint density at radius 3 is 2.65 bits per heavy atom. The predicted molar refractivity (Wildman–Crippen MR) is 143 cm³/mol. The molecule has 0 spiro atoms. The number of Topliss-reactive ketones (excluding diaryl/α,β-unsaturated/α-hetero) is 1. The molecule has 1 aliphatic heterocycles. The van der Waals surface area contributed by atoms with Gasteiger partial charge in [-0.3, -0.25) is 14.7 Å². The first kappa shape index (κ1) is 23.7. The topological polar surface area (TPSA) is 91.8 Å². The summed E-state index contributed by atoms with van der Waals surface area (Å²) in [6, 6.07) is 23.1. The monoisotopic (exact) mass is 468 g/mol. The van der Waals surface area contributed by atoms with E-state index in [2.05, 4.69) is 10.1 Å². The molecule has 5 rings (SSSR count). The highest BCUT2D eigenvalue weighted by Gasteiger charge is 2.31. The van der Waals surface area contributed by atoms with Crippen molar-refractivity contribution in [3.8, 4) is 0 Å². The number of ketones is 1. The molecule has 0 amide bonds. The molecular formula is C26H25BN4O2S. The molecule has 0 saturated carbocycles. The van der Waals surface area contributed by atoms with Crippen molar-refractivity contribution in [2.24, 2.45) is 10.8 Å². The Balaban J connectivity index is 0.00000274. The number of para-hydroxylation sites is 1. The van der Waals surface area contributed by atoms with E-state index in [1.807, 2.05) is 79.0 Å². The maximum atomic E-state index is 13.2. The van der Waals surface area contributed by atoms with Crippen molar-refractivity contribution >= 4 is 54.5 Å². The Labute approximate surface area is 205 Å². The molecule has 0 aliphatic carbocycles. The van der Waals surface area contributed by atoms with Crippen LogP contribution in [-0.4, -0.2) is 35.6 Å². The first-order valence-corrected chi connectivity index (χ1v) is 10.9. The van der Waals surface area contributed by atoms with Gasteiger partial charge in [-0.25, -0.2) is 0 Å². The van der Waals surface area contributed by atoms with Crippen LogP contribution in [-0.2, 0) is 11.2 Å². The normalized spacial score (nSPS) is 13.4. The fourth-order valence-electron chi connectivity index (χ4n) is 4.28. The van der Waals surface area contributed by atoms with Gasteiger partial charge in [0.05, 0.1) is 12.1 Å². The fourth-order valence-corrected chi connectivity index (χ4v) is 4.28. The van der Waals surface area contributed by atoms with Gasteiger partial charge in [-0.2, -0.15) is 18.6 Å². The van der Waals surface area contributed by atoms with Crippen LogP contribution in [0.5, 0.6) is 0 Å². The summed E-state index contributed by atoms with van der Waals surface area (Å²) in [5.41, 5.74) is 10.1. The Morgan fingerprint density at radius 2 is 1.85 bits per heavy atom. The Hall–Kier alpha value is -3.46. The molecule has 1 aromatic heterocycles. The molecule has 170 valence electrons. The third kappa shape index (κ3) is 4.61. The van der Waals surface area contributed by atoms with Crippen molar-refractivity contribution in [2.75, 3.05) is 11.5 Å². The molecule has 3 aromatic carbocycles. The van der Waals surface area contributed by atoms with Crippen LogP contribution in [0.2, 0.25) is 0 Å². The molecule has 8 heteroatoms. The van der Waals surface area contributed by atoms with Crippen LogP contribution in [0.15, 0.2) is 90.3 Å². The van der Waals surface area contributed by atoms with Gasteiger partial charge in [-0.1, -0.05) is 54.6 Å². The number of benzene rings is 3. The van der Waals surface area contributed by atoms with Gasteiger partial charge in [-0.05, 0) is 45.7 Å². The zero-order valence-corrected chi connectivity index (χ0v) is 19.5. The minimum absolute atomic E-state index is 0. The molecule has 0 fully saturated rings. The summed E-state index contributed by atoms with van der Waals surface area (Å²) in [6.45, 7) is 0.196. The largest absolute Gasteiger partial charge is 0.471 e. The number of nitrogens with two attached hydrogens (primary N) is 1. The molecule has 0 unspecified atom stereocenters. The van der Waals surface area contributed by atoms with E-state index in [0.29, 0.717) is 5.46 Å². The first-order valence-electron chi connectivity index (χ1n) is 10.9. The van der Waals surface area contributed by atoms with Crippen molar-refractivity contribution < 1.29 is 9.82 Å². The van der Waals surface area contributed by atoms with Gasteiger partial charge >= 0.3 is 7.05 Å². The van der Waals surface area contributed by atoms with Gasteiger partial charge in [0, 0.05) is 36.4 Å². The standard InChI is InChI=1S/C26H23BN4O2.H2S/c28-15-24(26(32)13-18-6-7-21-16-29-11-10-19(21)12-18)20-8-9-22-17-30-31(27(33)25(22)14-20)23-4-2-1-3-5-23;/h1-12,14,16-17,24,33H,13,15,28H2;1H2/t24-;/m1./s1. The van der Waals surface area contributed by atoms with Crippen molar-refractivity contribution in [3.63, 3.8) is 0 Å². The maximum Gasteiger partial charge on any atom is 0.471 e. The highest BCUT2D eigenvalue weighted by atomic mass is 32.1. The molecule has 0 saturated heterocycles. The number of hydrogen-bond acceptors (Lipinski definition) is 6. The Morgan fingerprint density at radius 1 is 1.03 bits per heavy atom. The smallest absolute Gasteiger partial charge is 0.427 e. The van der Waals surface area contributed by atoms with E-state index in [0.717, 1.165) is 33.2 Å². The van der Waals surface area contributed by atoms with Gasteiger partial charge in [0.15, 0.2) is 0 Å². The van der Waals surface area contributed by atoms with Crippen molar-refractivity contribution in [1.82, 2.24) is 4.98 Å². The van der Waals surface area contributed by atoms with E-state index in [-0.39, 0.29) is 32.2 Å². The first-order chi connectivity index (χ1) is 16.1. The van der Waals surface area contributed by atoms with Crippen LogP contribution in [0.4, 0.5) is 5.69 Å². The predicted octanol–water partition coefficient (Wildman–Crippen LogP) is 2.74. The molecule has 4 aromatic rings. The van der Waals surface area contributed by atoms with Gasteiger partial charge < -0.3 is 10.8 Å². The van der Waals surface area contributed by atoms with Gasteiger partial charge in [0.2, 0.25) is 0 Å². The van der Waals surface area contributed by atoms with Crippen molar-refractivity contribution in [1.29, 1.82) is 0 Å². The van der Waals surface area contributed by atoms with E-state index in [4.69, 9.17) is 5.73 Å². The minimum atomic E-state index is -0.949. The summed E-state index contributed by atoms with van der Waals surface area (Å²) in [5, 5.41) is 17.5. The lowest BCUT2D eigenvalue weighted by Gasteiger charge is -2.27. The summed E-state index contributed by atoms with van der Waals surface area (Å²) < 4.78 is 0. The number of pyridine rings is 1. The molecule has 0 radical (unpaired) electrons. The number of hydrazone groups is 1. The minimum Gasteiger partial charge on any atom is -0.427 e. The number of hydrogen-bond donors (Lipinski definition) is 2. The van der Waals surface area contributed by atoms with Gasteiger partial charge in [0.25, 0.3) is 0 Å². The Bertz CT molecular complexity index is 1350. The molecule has 2 heterocycles. The number of fused-ring (bicyclic) bond motifs is 2. The SMILES string of the molecule is NC[C@@H](C(=O)Cc1ccc2cnccc2c1)c1ccc2c(c1)B(O)N(c1ccccc1)N=C2.S. The van der Waals surface area contributed by atoms with Crippen LogP contribution in [0, 0.1) is 0 Å². The fraction of sp³-hybridized carbons (Fsp3) is 0.115. The number of carbonyl (C=O) groups is 1. The third-order valence-electron chi connectivity index (χ3n) is 6.07. The maximum absolute atomic E-state index is 13.2. The van der Waals surface area contributed by atoms with Crippen molar-refractivity contribution in [3.05, 3.63) is 102 Å². The van der Waals surface area contributed by atoms with E-state index in [1.165, 1.54) is 0 Å². The average Bonchev–Trinajstić information content (AvgIpc) is 2.85. The number of aromatic nitrogens is 1. The molecule has 3 N–H and O–H groups in total. The molecule has 0 bridgehead atoms. The van der Waals surface area contributed by atoms with Crippen LogP contribution >= 0.6 is 13.5 Å². The van der Waals surface area contributed by atoms with E-state index in [9.17, 15) is 9.82 Å². The highest BCUT2D eigenvalue weighted by Crippen LogP contribution is 2.23. The molecular weight excluding hydrogens is 443 g/mol. The second-order valence-electron chi connectivity index (χ2n) is 8.18. The lowest BCUT2D eigenvalue weighted by molar-refractivity contribution is -0.119. The molecule has 34 heavy (non-hydrogen) atoms. The van der Waals surface area contributed by atoms with Gasteiger partial charge in [-0.15, -0.1) is 0 Å². The summed E-state index contributed by atoms with van der Waals surface area (Å²) in [5.74, 6) is -0.413. The lowest BCUT2D eigenvalue weighted by Crippen LogP contribution is -2.50. The Kier molecular flexibility index (Phi) is 7.12. The summed E-state index contributed by atoms with van der Waals surface area (Å²) in [4.78, 5) is 18.9. The number of carbonyl (C=O) groups excluding carboxylic acids is 1. The zero-order chi connectivity index (χ0) is 22.8. The van der Waals surface area contributed by atoms with Crippen LogP contribution < -0.4 is 16.1 Å². The summed E-state index contributed by atoms with van der Waals surface area (Å²) >= 11 is 0. The summed E-state index contributed by atoms with van der Waals surface area (Å²) in [7, 11) is -0.949. The lowest BCUT2D eigenvalue weighted by atomic mass is 9.68. The molecule has 1 atom stereocenters.